The van der Waals surface area contributed by atoms with E-state index in [0.29, 0.717) is 17.3 Å². The number of thiophene rings is 1. The van der Waals surface area contributed by atoms with E-state index >= 15 is 0 Å². The van der Waals surface area contributed by atoms with Crippen LogP contribution in [0, 0.1) is 0 Å². The normalized spacial score (nSPS) is 10.7. The maximum atomic E-state index is 11.5. The van der Waals surface area contributed by atoms with Crippen molar-refractivity contribution in [1.82, 2.24) is 5.32 Å². The number of hydrogen-bond donors (Lipinski definition) is 1. The van der Waals surface area contributed by atoms with Crippen molar-refractivity contribution in [3.63, 3.8) is 0 Å². The summed E-state index contributed by atoms with van der Waals surface area (Å²) in [6.45, 7) is 0.510. The molecule has 0 aromatic carbocycles. The van der Waals surface area contributed by atoms with Gasteiger partial charge in [0, 0.05) is 16.9 Å². The smallest absolute Gasteiger partial charge is 0.262 e. The third-order valence-electron chi connectivity index (χ3n) is 1.46. The molecule has 5 heteroatoms. The number of hydrogen-bond acceptors (Lipinski definition) is 2. The molecule has 1 N–H and O–H groups in total. The highest BCUT2D eigenvalue weighted by Crippen LogP contribution is 2.21. The molecule has 1 heterocycles. The van der Waals surface area contributed by atoms with Gasteiger partial charge in [0.1, 0.15) is 4.88 Å². The molecule has 0 aliphatic heterocycles. The van der Waals surface area contributed by atoms with Crippen LogP contribution in [-0.4, -0.2) is 18.3 Å². The van der Waals surface area contributed by atoms with Gasteiger partial charge in [-0.05, 0) is 27.4 Å². The van der Waals surface area contributed by atoms with Gasteiger partial charge in [-0.25, -0.2) is 0 Å². The van der Waals surface area contributed by atoms with E-state index in [1.165, 1.54) is 11.3 Å². The highest BCUT2D eigenvalue weighted by Gasteiger charge is 2.09. The van der Waals surface area contributed by atoms with Crippen molar-refractivity contribution in [2.24, 2.45) is 0 Å². The minimum Gasteiger partial charge on any atom is -0.348 e. The third-order valence-corrected chi connectivity index (χ3v) is 3.47. The zero-order chi connectivity index (χ0) is 10.4. The largest absolute Gasteiger partial charge is 0.348 e. The molecule has 0 radical (unpaired) electrons. The number of nitrogens with one attached hydrogen (secondary N) is 1. The highest BCUT2D eigenvalue weighted by molar-refractivity contribution is 9.10. The molecule has 0 unspecified atom stereocenters. The first-order valence-electron chi connectivity index (χ1n) is 3.98. The predicted octanol–water partition coefficient (Wildman–Crippen LogP) is 3.04. The molecule has 2 nitrogen and oxygen atoms in total. The van der Waals surface area contributed by atoms with Crippen LogP contribution in [0.3, 0.4) is 0 Å². The molecule has 1 aromatic heterocycles. The number of halogens is 2. The molecule has 76 valence electrons. The summed E-state index contributed by atoms with van der Waals surface area (Å²) in [6.07, 6.45) is 3.62. The predicted molar refractivity (Wildman–Crippen MR) is 64.2 cm³/mol. The molecule has 1 aromatic rings. The first-order chi connectivity index (χ1) is 6.75. The summed E-state index contributed by atoms with van der Waals surface area (Å²) in [6, 6.07) is 1.86. The van der Waals surface area contributed by atoms with Crippen molar-refractivity contribution in [3.05, 3.63) is 32.9 Å². The Morgan fingerprint density at radius 2 is 2.43 bits per heavy atom. The maximum Gasteiger partial charge on any atom is 0.262 e. The van der Waals surface area contributed by atoms with E-state index in [0.717, 1.165) is 4.47 Å². The van der Waals surface area contributed by atoms with Crippen LogP contribution < -0.4 is 5.32 Å². The second-order valence-corrected chi connectivity index (χ2v) is 4.51. The first kappa shape index (κ1) is 11.8. The maximum absolute atomic E-state index is 11.5. The second kappa shape index (κ2) is 6.22. The number of allylic oxidation sites excluding steroid dienone is 1. The van der Waals surface area contributed by atoms with Crippen LogP contribution in [0.25, 0.3) is 0 Å². The molecule has 0 saturated carbocycles. The van der Waals surface area contributed by atoms with Crippen LogP contribution in [-0.2, 0) is 0 Å². The average molecular weight is 295 g/mol. The standard InChI is InChI=1S/C9H9BrClNOS/c10-7-3-6-14-8(7)9(13)12-5-2-1-4-11/h1-3,6H,4-5H2,(H,12,13)/b2-1+. The quantitative estimate of drug-likeness (QED) is 0.671. The van der Waals surface area contributed by atoms with Crippen molar-refractivity contribution < 1.29 is 4.79 Å². The monoisotopic (exact) mass is 293 g/mol. The molecule has 0 saturated heterocycles. The van der Waals surface area contributed by atoms with E-state index < -0.39 is 0 Å². The van der Waals surface area contributed by atoms with Crippen molar-refractivity contribution in [3.8, 4) is 0 Å². The van der Waals surface area contributed by atoms with E-state index in [2.05, 4.69) is 21.2 Å². The van der Waals surface area contributed by atoms with Gasteiger partial charge in [-0.2, -0.15) is 0 Å². The van der Waals surface area contributed by atoms with E-state index in [1.807, 2.05) is 17.5 Å². The molecule has 0 aliphatic carbocycles. The zero-order valence-electron chi connectivity index (χ0n) is 7.30. The van der Waals surface area contributed by atoms with Gasteiger partial charge in [0.05, 0.1) is 0 Å². The fourth-order valence-electron chi connectivity index (χ4n) is 0.834. The number of carbonyl (C=O) groups excluding carboxylic acids is 1. The fourth-order valence-corrected chi connectivity index (χ4v) is 2.43. The van der Waals surface area contributed by atoms with Crippen LogP contribution >= 0.6 is 38.9 Å². The minimum absolute atomic E-state index is 0.0638. The molecule has 0 aliphatic rings. The number of alkyl halides is 1. The average Bonchev–Trinajstić information content (AvgIpc) is 2.59. The Morgan fingerprint density at radius 3 is 3.00 bits per heavy atom. The van der Waals surface area contributed by atoms with Gasteiger partial charge in [-0.1, -0.05) is 12.2 Å². The van der Waals surface area contributed by atoms with Gasteiger partial charge in [-0.15, -0.1) is 22.9 Å². The van der Waals surface area contributed by atoms with E-state index in [4.69, 9.17) is 11.6 Å². The zero-order valence-corrected chi connectivity index (χ0v) is 10.5. The molecular formula is C9H9BrClNOS. The van der Waals surface area contributed by atoms with E-state index in [-0.39, 0.29) is 5.91 Å². The van der Waals surface area contributed by atoms with Crippen LogP contribution in [0.15, 0.2) is 28.1 Å². The Balaban J connectivity index is 2.44. The molecule has 0 fully saturated rings. The van der Waals surface area contributed by atoms with Gasteiger partial charge in [-0.3, -0.25) is 4.79 Å². The van der Waals surface area contributed by atoms with Gasteiger partial charge in [0.25, 0.3) is 5.91 Å². The first-order valence-corrected chi connectivity index (χ1v) is 6.18. The van der Waals surface area contributed by atoms with Crippen LogP contribution in [0.5, 0.6) is 0 Å². The Morgan fingerprint density at radius 1 is 1.64 bits per heavy atom. The van der Waals surface area contributed by atoms with Crippen molar-refractivity contribution in [2.75, 3.05) is 12.4 Å². The summed E-state index contributed by atoms with van der Waals surface area (Å²) in [5, 5.41) is 4.63. The number of amides is 1. The summed E-state index contributed by atoms with van der Waals surface area (Å²) in [7, 11) is 0. The molecule has 0 atom stereocenters. The lowest BCUT2D eigenvalue weighted by Crippen LogP contribution is -2.22. The highest BCUT2D eigenvalue weighted by atomic mass is 79.9. The summed E-state index contributed by atoms with van der Waals surface area (Å²) >= 11 is 10.1. The topological polar surface area (TPSA) is 29.1 Å². The lowest BCUT2D eigenvalue weighted by molar-refractivity contribution is 0.0961. The fraction of sp³-hybridized carbons (Fsp3) is 0.222. The third kappa shape index (κ3) is 3.44. The SMILES string of the molecule is O=C(NC/C=C/CCl)c1sccc1Br. The molecule has 14 heavy (non-hydrogen) atoms. The molecular weight excluding hydrogens is 286 g/mol. The van der Waals surface area contributed by atoms with Crippen LogP contribution in [0.4, 0.5) is 0 Å². The van der Waals surface area contributed by atoms with E-state index in [1.54, 1.807) is 6.08 Å². The summed E-state index contributed by atoms with van der Waals surface area (Å²) < 4.78 is 0.835. The number of rotatable bonds is 4. The molecule has 1 amide bonds. The lowest BCUT2D eigenvalue weighted by Gasteiger charge is -1.99. The summed E-state index contributed by atoms with van der Waals surface area (Å²) in [5.41, 5.74) is 0. The van der Waals surface area contributed by atoms with Gasteiger partial charge in [0.15, 0.2) is 0 Å². The Labute approximate surface area is 100 Å². The van der Waals surface area contributed by atoms with Gasteiger partial charge < -0.3 is 5.32 Å². The molecule has 0 spiro atoms. The van der Waals surface area contributed by atoms with Crippen LogP contribution in [0.2, 0.25) is 0 Å². The van der Waals surface area contributed by atoms with Crippen molar-refractivity contribution >= 4 is 44.8 Å². The van der Waals surface area contributed by atoms with Crippen molar-refractivity contribution in [1.29, 1.82) is 0 Å². The van der Waals surface area contributed by atoms with Gasteiger partial charge >= 0.3 is 0 Å². The van der Waals surface area contributed by atoms with Crippen LogP contribution in [0.1, 0.15) is 9.67 Å². The summed E-state index contributed by atoms with van der Waals surface area (Å²) in [5.74, 6) is 0.407. The minimum atomic E-state index is -0.0638. The lowest BCUT2D eigenvalue weighted by atomic mass is 10.4. The Hall–Kier alpha value is -0.320. The number of carbonyl (C=O) groups is 1. The van der Waals surface area contributed by atoms with Crippen molar-refractivity contribution in [2.45, 2.75) is 0 Å². The van der Waals surface area contributed by atoms with Gasteiger partial charge in [0.2, 0.25) is 0 Å². The molecule has 1 rings (SSSR count). The molecule has 0 bridgehead atoms. The Kier molecular flexibility index (Phi) is 5.22. The van der Waals surface area contributed by atoms with E-state index in [9.17, 15) is 4.79 Å². The Bertz CT molecular complexity index is 337. The second-order valence-electron chi connectivity index (χ2n) is 2.43. The summed E-state index contributed by atoms with van der Waals surface area (Å²) in [4.78, 5) is 12.2.